The van der Waals surface area contributed by atoms with Gasteiger partial charge in [0.05, 0.1) is 0 Å². The van der Waals surface area contributed by atoms with Gasteiger partial charge in [0, 0.05) is 24.7 Å². The van der Waals surface area contributed by atoms with Crippen LogP contribution in [0, 0.1) is 6.92 Å². The number of rotatable bonds is 6. The fourth-order valence-electron chi connectivity index (χ4n) is 2.27. The minimum absolute atomic E-state index is 0.794. The molecule has 20 heavy (non-hydrogen) atoms. The van der Waals surface area contributed by atoms with Gasteiger partial charge in [0.15, 0.2) is 0 Å². The van der Waals surface area contributed by atoms with Crippen LogP contribution in [0.5, 0.6) is 0 Å². The molecule has 1 aromatic heterocycles. The van der Waals surface area contributed by atoms with Crippen LogP contribution < -0.4 is 5.32 Å². The van der Waals surface area contributed by atoms with Crippen LogP contribution in [-0.4, -0.2) is 16.5 Å². The summed E-state index contributed by atoms with van der Waals surface area (Å²) in [7, 11) is 0. The van der Waals surface area contributed by atoms with Crippen LogP contribution in [-0.2, 0) is 12.8 Å². The second-order valence-corrected chi connectivity index (χ2v) is 5.04. The molecule has 0 atom stereocenters. The summed E-state index contributed by atoms with van der Waals surface area (Å²) in [5.41, 5.74) is 3.72. The SMILES string of the molecule is CCCc1cc(NCC)nc(Cc2ccccc2C)n1. The van der Waals surface area contributed by atoms with Crippen molar-refractivity contribution in [1.82, 2.24) is 9.97 Å². The number of hydrogen-bond acceptors (Lipinski definition) is 3. The van der Waals surface area contributed by atoms with E-state index in [2.05, 4.69) is 61.4 Å². The molecule has 0 aliphatic rings. The highest BCUT2D eigenvalue weighted by Gasteiger charge is 2.06. The Morgan fingerprint density at radius 3 is 2.60 bits per heavy atom. The van der Waals surface area contributed by atoms with Crippen LogP contribution in [0.4, 0.5) is 5.82 Å². The summed E-state index contributed by atoms with van der Waals surface area (Å²) in [6.45, 7) is 7.28. The average Bonchev–Trinajstić information content (AvgIpc) is 2.42. The van der Waals surface area contributed by atoms with Crippen LogP contribution in [0.25, 0.3) is 0 Å². The fourth-order valence-corrected chi connectivity index (χ4v) is 2.27. The topological polar surface area (TPSA) is 37.8 Å². The van der Waals surface area contributed by atoms with E-state index in [1.807, 2.05) is 0 Å². The molecule has 0 saturated heterocycles. The summed E-state index contributed by atoms with van der Waals surface area (Å²) in [5.74, 6) is 1.84. The predicted octanol–water partition coefficient (Wildman–Crippen LogP) is 3.76. The lowest BCUT2D eigenvalue weighted by Gasteiger charge is -2.10. The third-order valence-electron chi connectivity index (χ3n) is 3.30. The zero-order valence-corrected chi connectivity index (χ0v) is 12.6. The summed E-state index contributed by atoms with van der Waals surface area (Å²) in [5, 5.41) is 3.30. The molecular weight excluding hydrogens is 246 g/mol. The Labute approximate surface area is 121 Å². The van der Waals surface area contributed by atoms with Crippen molar-refractivity contribution >= 4 is 5.82 Å². The first-order chi connectivity index (χ1) is 9.72. The zero-order chi connectivity index (χ0) is 14.4. The number of nitrogens with one attached hydrogen (secondary N) is 1. The van der Waals surface area contributed by atoms with Crippen molar-refractivity contribution in [1.29, 1.82) is 0 Å². The molecule has 1 aromatic carbocycles. The van der Waals surface area contributed by atoms with Crippen LogP contribution in [0.3, 0.4) is 0 Å². The van der Waals surface area contributed by atoms with Crippen molar-refractivity contribution < 1.29 is 0 Å². The minimum atomic E-state index is 0.794. The number of anilines is 1. The predicted molar refractivity (Wildman–Crippen MR) is 84.2 cm³/mol. The van der Waals surface area contributed by atoms with Gasteiger partial charge in [-0.2, -0.15) is 0 Å². The van der Waals surface area contributed by atoms with Crippen molar-refractivity contribution in [3.05, 3.63) is 53.0 Å². The normalized spacial score (nSPS) is 10.6. The Bertz CT molecular complexity index is 540. The molecule has 1 N–H and O–H groups in total. The van der Waals surface area contributed by atoms with Crippen molar-refractivity contribution in [2.45, 2.75) is 40.0 Å². The van der Waals surface area contributed by atoms with E-state index in [9.17, 15) is 0 Å². The average molecular weight is 269 g/mol. The molecular formula is C17H23N3. The first-order valence-corrected chi connectivity index (χ1v) is 7.38. The van der Waals surface area contributed by atoms with Gasteiger partial charge in [-0.3, -0.25) is 0 Å². The highest BCUT2D eigenvalue weighted by molar-refractivity contribution is 5.37. The first kappa shape index (κ1) is 14.5. The van der Waals surface area contributed by atoms with E-state index in [4.69, 9.17) is 4.98 Å². The molecule has 0 aliphatic carbocycles. The Morgan fingerprint density at radius 2 is 1.90 bits per heavy atom. The maximum atomic E-state index is 4.69. The number of aryl methyl sites for hydroxylation is 2. The molecule has 3 heteroatoms. The van der Waals surface area contributed by atoms with Crippen molar-refractivity contribution in [2.24, 2.45) is 0 Å². The Morgan fingerprint density at radius 1 is 1.10 bits per heavy atom. The number of benzene rings is 1. The smallest absolute Gasteiger partial charge is 0.135 e. The standard InChI is InChI=1S/C17H23N3/c1-4-8-15-12-16(18-5-2)20-17(19-15)11-14-10-7-6-9-13(14)3/h6-7,9-10,12H,4-5,8,11H2,1-3H3,(H,18,19,20). The Kier molecular flexibility index (Phi) is 5.10. The second kappa shape index (κ2) is 7.04. The summed E-state index contributed by atoms with van der Waals surface area (Å²) in [4.78, 5) is 9.31. The van der Waals surface area contributed by atoms with E-state index < -0.39 is 0 Å². The molecule has 0 amide bonds. The van der Waals surface area contributed by atoms with Crippen LogP contribution >= 0.6 is 0 Å². The summed E-state index contributed by atoms with van der Waals surface area (Å²) >= 11 is 0. The lowest BCUT2D eigenvalue weighted by molar-refractivity contribution is 0.840. The molecule has 0 aliphatic heterocycles. The van der Waals surface area contributed by atoms with E-state index >= 15 is 0 Å². The molecule has 0 radical (unpaired) electrons. The monoisotopic (exact) mass is 269 g/mol. The molecule has 1 heterocycles. The molecule has 106 valence electrons. The minimum Gasteiger partial charge on any atom is -0.370 e. The highest BCUT2D eigenvalue weighted by atomic mass is 15.0. The number of hydrogen-bond donors (Lipinski definition) is 1. The molecule has 0 fully saturated rings. The van der Waals surface area contributed by atoms with Gasteiger partial charge in [-0.1, -0.05) is 37.6 Å². The van der Waals surface area contributed by atoms with E-state index in [0.717, 1.165) is 43.1 Å². The van der Waals surface area contributed by atoms with Crippen LogP contribution in [0.15, 0.2) is 30.3 Å². The van der Waals surface area contributed by atoms with Gasteiger partial charge in [-0.15, -0.1) is 0 Å². The molecule has 2 rings (SSSR count). The van der Waals surface area contributed by atoms with E-state index in [0.29, 0.717) is 0 Å². The molecule has 0 saturated carbocycles. The molecule has 3 nitrogen and oxygen atoms in total. The fraction of sp³-hybridized carbons (Fsp3) is 0.412. The molecule has 0 spiro atoms. The van der Waals surface area contributed by atoms with E-state index in [1.165, 1.54) is 11.1 Å². The van der Waals surface area contributed by atoms with Crippen molar-refractivity contribution in [2.75, 3.05) is 11.9 Å². The van der Waals surface area contributed by atoms with Gasteiger partial charge in [-0.05, 0) is 31.4 Å². The largest absolute Gasteiger partial charge is 0.370 e. The maximum Gasteiger partial charge on any atom is 0.135 e. The Hall–Kier alpha value is -1.90. The third-order valence-corrected chi connectivity index (χ3v) is 3.30. The van der Waals surface area contributed by atoms with Gasteiger partial charge < -0.3 is 5.32 Å². The van der Waals surface area contributed by atoms with Gasteiger partial charge in [0.25, 0.3) is 0 Å². The van der Waals surface area contributed by atoms with Gasteiger partial charge in [0.1, 0.15) is 11.6 Å². The van der Waals surface area contributed by atoms with Gasteiger partial charge >= 0.3 is 0 Å². The van der Waals surface area contributed by atoms with Crippen LogP contribution in [0.1, 0.15) is 42.9 Å². The first-order valence-electron chi connectivity index (χ1n) is 7.38. The second-order valence-electron chi connectivity index (χ2n) is 5.04. The van der Waals surface area contributed by atoms with Gasteiger partial charge in [-0.25, -0.2) is 9.97 Å². The highest BCUT2D eigenvalue weighted by Crippen LogP contribution is 2.14. The summed E-state index contributed by atoms with van der Waals surface area (Å²) < 4.78 is 0. The summed E-state index contributed by atoms with van der Waals surface area (Å²) in [6.07, 6.45) is 2.90. The lowest BCUT2D eigenvalue weighted by Crippen LogP contribution is -2.07. The molecule has 0 bridgehead atoms. The van der Waals surface area contributed by atoms with E-state index in [1.54, 1.807) is 0 Å². The zero-order valence-electron chi connectivity index (χ0n) is 12.6. The Balaban J connectivity index is 2.28. The van der Waals surface area contributed by atoms with Gasteiger partial charge in [0.2, 0.25) is 0 Å². The quantitative estimate of drug-likeness (QED) is 0.867. The summed E-state index contributed by atoms with van der Waals surface area (Å²) in [6, 6.07) is 10.5. The van der Waals surface area contributed by atoms with Crippen molar-refractivity contribution in [3.63, 3.8) is 0 Å². The number of nitrogens with zero attached hydrogens (tertiary/aromatic N) is 2. The van der Waals surface area contributed by atoms with Crippen LogP contribution in [0.2, 0.25) is 0 Å². The molecule has 2 aromatic rings. The lowest BCUT2D eigenvalue weighted by atomic mass is 10.1. The van der Waals surface area contributed by atoms with Crippen molar-refractivity contribution in [3.8, 4) is 0 Å². The van der Waals surface area contributed by atoms with E-state index in [-0.39, 0.29) is 0 Å². The number of aromatic nitrogens is 2. The maximum absolute atomic E-state index is 4.69. The third kappa shape index (κ3) is 3.80. The molecule has 0 unspecified atom stereocenters.